The third kappa shape index (κ3) is 4.91. The highest BCUT2D eigenvalue weighted by Crippen LogP contribution is 2.04. The number of hydrogen-bond donors (Lipinski definition) is 0. The molecule has 1 rings (SSSR count). The number of carbonyl (C=O) groups is 1. The van der Waals surface area contributed by atoms with Gasteiger partial charge in [0.05, 0.1) is 13.2 Å². The molecule has 0 spiro atoms. The molecule has 2 amide bonds. The van der Waals surface area contributed by atoms with Gasteiger partial charge in [0.2, 0.25) is 0 Å². The SMILES string of the molecule is CCN(CCCN(C)C)C(=O)N1CCOCC1. The third-order valence-corrected chi connectivity index (χ3v) is 2.97. The van der Waals surface area contributed by atoms with E-state index in [0.29, 0.717) is 13.2 Å². The second-order valence-corrected chi connectivity index (χ2v) is 4.62. The fraction of sp³-hybridized carbons (Fsp3) is 0.917. The van der Waals surface area contributed by atoms with E-state index >= 15 is 0 Å². The monoisotopic (exact) mass is 243 g/mol. The topological polar surface area (TPSA) is 36.0 Å². The normalized spacial score (nSPS) is 16.4. The van der Waals surface area contributed by atoms with Crippen molar-refractivity contribution in [1.82, 2.24) is 14.7 Å². The molecule has 1 heterocycles. The van der Waals surface area contributed by atoms with Crippen molar-refractivity contribution in [1.29, 1.82) is 0 Å². The molecule has 0 unspecified atom stereocenters. The van der Waals surface area contributed by atoms with E-state index in [4.69, 9.17) is 4.74 Å². The van der Waals surface area contributed by atoms with Crippen molar-refractivity contribution in [2.24, 2.45) is 0 Å². The smallest absolute Gasteiger partial charge is 0.320 e. The number of ether oxygens (including phenoxy) is 1. The molecule has 0 saturated carbocycles. The molecule has 100 valence electrons. The van der Waals surface area contributed by atoms with Crippen LogP contribution in [0.5, 0.6) is 0 Å². The average Bonchev–Trinajstić information content (AvgIpc) is 2.34. The molecule has 0 N–H and O–H groups in total. The highest BCUT2D eigenvalue weighted by molar-refractivity contribution is 5.74. The lowest BCUT2D eigenvalue weighted by atomic mass is 10.3. The minimum absolute atomic E-state index is 0.162. The van der Waals surface area contributed by atoms with E-state index in [1.165, 1.54) is 0 Å². The van der Waals surface area contributed by atoms with Crippen LogP contribution in [0.4, 0.5) is 4.79 Å². The predicted octanol–water partition coefficient (Wildman–Crippen LogP) is 0.712. The van der Waals surface area contributed by atoms with E-state index in [1.54, 1.807) is 0 Å². The van der Waals surface area contributed by atoms with Gasteiger partial charge >= 0.3 is 6.03 Å². The van der Waals surface area contributed by atoms with Crippen molar-refractivity contribution < 1.29 is 9.53 Å². The molecule has 1 saturated heterocycles. The summed E-state index contributed by atoms with van der Waals surface area (Å²) >= 11 is 0. The summed E-state index contributed by atoms with van der Waals surface area (Å²) in [5.74, 6) is 0. The molecule has 1 aliphatic heterocycles. The van der Waals surface area contributed by atoms with Crippen LogP contribution in [0.3, 0.4) is 0 Å². The zero-order chi connectivity index (χ0) is 12.7. The lowest BCUT2D eigenvalue weighted by molar-refractivity contribution is 0.0435. The summed E-state index contributed by atoms with van der Waals surface area (Å²) in [6.07, 6.45) is 1.02. The van der Waals surface area contributed by atoms with Crippen molar-refractivity contribution in [3.63, 3.8) is 0 Å². The Balaban J connectivity index is 2.34. The molecule has 5 heteroatoms. The number of carbonyl (C=O) groups excluding carboxylic acids is 1. The molecule has 1 fully saturated rings. The van der Waals surface area contributed by atoms with Gasteiger partial charge in [-0.05, 0) is 34.0 Å². The van der Waals surface area contributed by atoms with E-state index in [0.717, 1.165) is 39.1 Å². The summed E-state index contributed by atoms with van der Waals surface area (Å²) in [7, 11) is 4.11. The Bertz CT molecular complexity index is 228. The molecule has 5 nitrogen and oxygen atoms in total. The fourth-order valence-corrected chi connectivity index (χ4v) is 1.92. The Hall–Kier alpha value is -0.810. The molecule has 0 aromatic carbocycles. The third-order valence-electron chi connectivity index (χ3n) is 2.97. The predicted molar refractivity (Wildman–Crippen MR) is 68.2 cm³/mol. The van der Waals surface area contributed by atoms with Gasteiger partial charge < -0.3 is 19.4 Å². The van der Waals surface area contributed by atoms with Gasteiger partial charge in [-0.25, -0.2) is 4.79 Å². The Labute approximate surface area is 104 Å². The molecular weight excluding hydrogens is 218 g/mol. The maximum Gasteiger partial charge on any atom is 0.320 e. The molecule has 0 aromatic rings. The first-order chi connectivity index (χ1) is 8.15. The summed E-state index contributed by atoms with van der Waals surface area (Å²) < 4.78 is 5.26. The van der Waals surface area contributed by atoms with Gasteiger partial charge in [-0.2, -0.15) is 0 Å². The van der Waals surface area contributed by atoms with Gasteiger partial charge in [0.1, 0.15) is 0 Å². The molecule has 1 aliphatic rings. The average molecular weight is 243 g/mol. The minimum Gasteiger partial charge on any atom is -0.378 e. The van der Waals surface area contributed by atoms with Crippen molar-refractivity contribution in [3.8, 4) is 0 Å². The number of rotatable bonds is 5. The van der Waals surface area contributed by atoms with Crippen LogP contribution in [-0.2, 0) is 4.74 Å². The van der Waals surface area contributed by atoms with E-state index in [-0.39, 0.29) is 6.03 Å². The van der Waals surface area contributed by atoms with Crippen molar-refractivity contribution >= 4 is 6.03 Å². The molecule has 17 heavy (non-hydrogen) atoms. The quantitative estimate of drug-likeness (QED) is 0.713. The molecule has 0 radical (unpaired) electrons. The second-order valence-electron chi connectivity index (χ2n) is 4.62. The van der Waals surface area contributed by atoms with E-state index in [9.17, 15) is 4.79 Å². The largest absolute Gasteiger partial charge is 0.378 e. The maximum atomic E-state index is 12.2. The first-order valence-electron chi connectivity index (χ1n) is 6.41. The standard InChI is InChI=1S/C12H25N3O2/c1-4-14(7-5-6-13(2)3)12(16)15-8-10-17-11-9-15/h4-11H2,1-3H3. The Morgan fingerprint density at radius 1 is 1.24 bits per heavy atom. The maximum absolute atomic E-state index is 12.2. The summed E-state index contributed by atoms with van der Waals surface area (Å²) in [6, 6.07) is 0.162. The molecule has 0 aromatic heterocycles. The highest BCUT2D eigenvalue weighted by Gasteiger charge is 2.21. The van der Waals surface area contributed by atoms with Gasteiger partial charge in [-0.15, -0.1) is 0 Å². The molecule has 0 aliphatic carbocycles. The van der Waals surface area contributed by atoms with Gasteiger partial charge in [-0.1, -0.05) is 0 Å². The van der Waals surface area contributed by atoms with Crippen molar-refractivity contribution in [3.05, 3.63) is 0 Å². The first kappa shape index (κ1) is 14.3. The lowest BCUT2D eigenvalue weighted by Gasteiger charge is -2.32. The van der Waals surface area contributed by atoms with Gasteiger partial charge in [-0.3, -0.25) is 0 Å². The number of amides is 2. The van der Waals surface area contributed by atoms with Crippen LogP contribution in [0, 0.1) is 0 Å². The minimum atomic E-state index is 0.162. The zero-order valence-corrected chi connectivity index (χ0v) is 11.3. The van der Waals surface area contributed by atoms with Crippen LogP contribution in [0.2, 0.25) is 0 Å². The number of hydrogen-bond acceptors (Lipinski definition) is 3. The van der Waals surface area contributed by atoms with Crippen LogP contribution in [0.1, 0.15) is 13.3 Å². The van der Waals surface area contributed by atoms with E-state index < -0.39 is 0 Å². The molecule has 0 atom stereocenters. The number of morpholine rings is 1. The summed E-state index contributed by atoms with van der Waals surface area (Å²) in [5.41, 5.74) is 0. The van der Waals surface area contributed by atoms with Crippen LogP contribution in [0.15, 0.2) is 0 Å². The Morgan fingerprint density at radius 3 is 2.41 bits per heavy atom. The molecular formula is C12H25N3O2. The zero-order valence-electron chi connectivity index (χ0n) is 11.3. The lowest BCUT2D eigenvalue weighted by Crippen LogP contribution is -2.48. The van der Waals surface area contributed by atoms with Crippen LogP contribution in [0.25, 0.3) is 0 Å². The Kier molecular flexibility index (Phi) is 6.29. The number of nitrogens with zero attached hydrogens (tertiary/aromatic N) is 3. The summed E-state index contributed by atoms with van der Waals surface area (Å²) in [5, 5.41) is 0. The van der Waals surface area contributed by atoms with Crippen molar-refractivity contribution in [2.45, 2.75) is 13.3 Å². The first-order valence-corrected chi connectivity index (χ1v) is 6.41. The van der Waals surface area contributed by atoms with E-state index in [1.807, 2.05) is 16.7 Å². The van der Waals surface area contributed by atoms with Crippen molar-refractivity contribution in [2.75, 3.05) is 60.0 Å². The molecule has 0 bridgehead atoms. The van der Waals surface area contributed by atoms with Gasteiger partial charge in [0.25, 0.3) is 0 Å². The number of urea groups is 1. The Morgan fingerprint density at radius 2 is 1.88 bits per heavy atom. The van der Waals surface area contributed by atoms with E-state index in [2.05, 4.69) is 19.0 Å². The van der Waals surface area contributed by atoms with Crippen LogP contribution in [-0.4, -0.2) is 80.8 Å². The highest BCUT2D eigenvalue weighted by atomic mass is 16.5. The summed E-state index contributed by atoms with van der Waals surface area (Å²) in [6.45, 7) is 7.46. The second kappa shape index (κ2) is 7.50. The summed E-state index contributed by atoms with van der Waals surface area (Å²) in [4.78, 5) is 18.2. The van der Waals surface area contributed by atoms with Gasteiger partial charge in [0.15, 0.2) is 0 Å². The van der Waals surface area contributed by atoms with Crippen LogP contribution >= 0.6 is 0 Å². The fourth-order valence-electron chi connectivity index (χ4n) is 1.92. The van der Waals surface area contributed by atoms with Gasteiger partial charge in [0, 0.05) is 26.2 Å². The van der Waals surface area contributed by atoms with Crippen LogP contribution < -0.4 is 0 Å².